The highest BCUT2D eigenvalue weighted by Gasteiger charge is 2.49. The molecule has 0 aromatic heterocycles. The van der Waals surface area contributed by atoms with E-state index in [9.17, 15) is 5.11 Å². The zero-order chi connectivity index (χ0) is 18.7. The quantitative estimate of drug-likeness (QED) is 0.846. The summed E-state index contributed by atoms with van der Waals surface area (Å²) in [4.78, 5) is 2.55. The highest BCUT2D eigenvalue weighted by molar-refractivity contribution is 5.58. The highest BCUT2D eigenvalue weighted by atomic mass is 16.3. The summed E-state index contributed by atoms with van der Waals surface area (Å²) in [6, 6.07) is 20.4. The van der Waals surface area contributed by atoms with Gasteiger partial charge in [0.15, 0.2) is 0 Å². The number of likely N-dealkylation sites (tertiary alicyclic amines) is 1. The predicted octanol–water partition coefficient (Wildman–Crippen LogP) is 4.57. The molecule has 1 heterocycles. The molecule has 2 nitrogen and oxygen atoms in total. The van der Waals surface area contributed by atoms with Crippen LogP contribution in [-0.2, 0) is 5.60 Å². The first-order valence-electron chi connectivity index (χ1n) is 10.0. The van der Waals surface area contributed by atoms with Gasteiger partial charge in [-0.1, -0.05) is 67.1 Å². The summed E-state index contributed by atoms with van der Waals surface area (Å²) in [5.74, 6) is 2.23. The Balaban J connectivity index is 1.71. The fraction of sp³-hybridized carbons (Fsp3) is 0.320. The molecule has 0 unspecified atom stereocenters. The van der Waals surface area contributed by atoms with Crippen molar-refractivity contribution in [3.8, 4) is 0 Å². The normalized spacial score (nSPS) is 21.4. The van der Waals surface area contributed by atoms with Gasteiger partial charge in [0.1, 0.15) is 5.60 Å². The molecule has 1 saturated heterocycles. The van der Waals surface area contributed by atoms with E-state index in [0.29, 0.717) is 6.04 Å². The smallest absolute Gasteiger partial charge is 0.122 e. The molecule has 139 valence electrons. The molecule has 0 amide bonds. The van der Waals surface area contributed by atoms with Crippen LogP contribution < -0.4 is 0 Å². The van der Waals surface area contributed by atoms with Crippen LogP contribution >= 0.6 is 0 Å². The lowest BCUT2D eigenvalue weighted by Gasteiger charge is -2.43. The SMILES string of the molecule is C[C@H]([C]1[CH][CH][CH][C]1C(O)(c1ccccc1)c1ccccc1)N1CCCCC1. The molecule has 2 aromatic carbocycles. The van der Waals surface area contributed by atoms with Crippen LogP contribution in [0.25, 0.3) is 0 Å². The van der Waals surface area contributed by atoms with E-state index < -0.39 is 5.60 Å². The third-order valence-electron chi connectivity index (χ3n) is 6.01. The van der Waals surface area contributed by atoms with E-state index in [1.165, 1.54) is 25.2 Å². The van der Waals surface area contributed by atoms with Gasteiger partial charge >= 0.3 is 0 Å². The Hall–Kier alpha value is -1.64. The van der Waals surface area contributed by atoms with Gasteiger partial charge in [0.2, 0.25) is 0 Å². The van der Waals surface area contributed by atoms with Gasteiger partial charge in [0.25, 0.3) is 0 Å². The average Bonchev–Trinajstić information content (AvgIpc) is 3.25. The topological polar surface area (TPSA) is 23.5 Å². The molecule has 1 atom stereocenters. The van der Waals surface area contributed by atoms with Crippen molar-refractivity contribution < 1.29 is 5.11 Å². The van der Waals surface area contributed by atoms with Crippen LogP contribution in [0.3, 0.4) is 0 Å². The van der Waals surface area contributed by atoms with E-state index in [1.807, 2.05) is 60.7 Å². The van der Waals surface area contributed by atoms with Crippen LogP contribution in [0.5, 0.6) is 0 Å². The molecular formula is C25H28NO. The van der Waals surface area contributed by atoms with Crippen LogP contribution in [0.2, 0.25) is 0 Å². The van der Waals surface area contributed by atoms with Crippen molar-refractivity contribution in [3.63, 3.8) is 0 Å². The molecule has 1 aliphatic carbocycles. The van der Waals surface area contributed by atoms with Crippen molar-refractivity contribution in [2.45, 2.75) is 37.8 Å². The summed E-state index contributed by atoms with van der Waals surface area (Å²) in [7, 11) is 0. The number of rotatable bonds is 5. The molecule has 27 heavy (non-hydrogen) atoms. The lowest BCUT2D eigenvalue weighted by atomic mass is 9.70. The zero-order valence-electron chi connectivity index (χ0n) is 16.0. The second-order valence-corrected chi connectivity index (χ2v) is 7.61. The number of aliphatic hydroxyl groups is 1. The fourth-order valence-corrected chi connectivity index (χ4v) is 4.47. The number of piperidine rings is 1. The molecule has 5 radical (unpaired) electrons. The second kappa shape index (κ2) is 8.16. The second-order valence-electron chi connectivity index (χ2n) is 7.61. The molecule has 2 aliphatic rings. The van der Waals surface area contributed by atoms with Crippen molar-refractivity contribution in [2.75, 3.05) is 13.1 Å². The Morgan fingerprint density at radius 2 is 1.37 bits per heavy atom. The third-order valence-corrected chi connectivity index (χ3v) is 6.01. The van der Waals surface area contributed by atoms with E-state index in [-0.39, 0.29) is 0 Å². The Morgan fingerprint density at radius 1 is 0.815 bits per heavy atom. The molecule has 4 rings (SSSR count). The van der Waals surface area contributed by atoms with Crippen molar-refractivity contribution >= 4 is 0 Å². The Kier molecular flexibility index (Phi) is 5.66. The van der Waals surface area contributed by atoms with Gasteiger partial charge in [0.05, 0.1) is 0 Å². The first-order valence-corrected chi connectivity index (χ1v) is 10.0. The average molecular weight is 359 g/mol. The van der Waals surface area contributed by atoms with Gasteiger partial charge in [-0.15, -0.1) is 0 Å². The number of nitrogens with zero attached hydrogens (tertiary/aromatic N) is 1. The largest absolute Gasteiger partial charge is 0.380 e. The van der Waals surface area contributed by atoms with Crippen LogP contribution in [0.4, 0.5) is 0 Å². The van der Waals surface area contributed by atoms with Gasteiger partial charge < -0.3 is 10.0 Å². The van der Waals surface area contributed by atoms with Gasteiger partial charge in [-0.05, 0) is 63.2 Å². The molecule has 2 heteroatoms. The van der Waals surface area contributed by atoms with E-state index in [4.69, 9.17) is 0 Å². The van der Waals surface area contributed by atoms with Crippen molar-refractivity contribution in [2.24, 2.45) is 0 Å². The minimum Gasteiger partial charge on any atom is -0.380 e. The van der Waals surface area contributed by atoms with Gasteiger partial charge in [-0.2, -0.15) is 0 Å². The first-order chi connectivity index (χ1) is 13.2. The highest BCUT2D eigenvalue weighted by Crippen LogP contribution is 2.51. The summed E-state index contributed by atoms with van der Waals surface area (Å²) in [6.07, 6.45) is 10.2. The molecule has 1 saturated carbocycles. The van der Waals surface area contributed by atoms with Crippen molar-refractivity contribution in [1.29, 1.82) is 0 Å². The Bertz CT molecular complexity index is 668. The van der Waals surface area contributed by atoms with Gasteiger partial charge in [-0.25, -0.2) is 0 Å². The standard InChI is InChI=1S/C25H28NO/c1-20(26-18-9-4-10-19-26)23-16-11-17-24(23)25(27,21-12-5-2-6-13-21)22-14-7-3-8-15-22/h2-3,5-8,11-17,20,27H,4,9-10,18-19H2,1H3/t20-/m1/s1. The molecule has 1 N–H and O–H groups in total. The molecule has 2 fully saturated rings. The Labute approximate surface area is 164 Å². The van der Waals surface area contributed by atoms with E-state index in [2.05, 4.69) is 31.1 Å². The van der Waals surface area contributed by atoms with Gasteiger partial charge in [0, 0.05) is 17.9 Å². The lowest BCUT2D eigenvalue weighted by Crippen LogP contribution is -2.46. The number of hydrogen-bond acceptors (Lipinski definition) is 2. The molecule has 2 aromatic rings. The summed E-state index contributed by atoms with van der Waals surface area (Å²) in [5.41, 5.74) is 0.676. The maximum atomic E-state index is 12.1. The Morgan fingerprint density at radius 3 is 1.93 bits per heavy atom. The van der Waals surface area contributed by atoms with E-state index >= 15 is 0 Å². The lowest BCUT2D eigenvalue weighted by molar-refractivity contribution is 0.0932. The van der Waals surface area contributed by atoms with E-state index in [0.717, 1.165) is 30.1 Å². The maximum Gasteiger partial charge on any atom is 0.122 e. The summed E-state index contributed by atoms with van der Waals surface area (Å²) in [5, 5.41) is 12.1. The minimum atomic E-state index is -1.15. The number of benzene rings is 2. The zero-order valence-corrected chi connectivity index (χ0v) is 16.0. The van der Waals surface area contributed by atoms with E-state index in [1.54, 1.807) is 0 Å². The minimum absolute atomic E-state index is 0.300. The molecule has 0 spiro atoms. The van der Waals surface area contributed by atoms with Crippen LogP contribution in [0.15, 0.2) is 60.7 Å². The number of hydrogen-bond donors (Lipinski definition) is 1. The van der Waals surface area contributed by atoms with Crippen LogP contribution in [-0.4, -0.2) is 29.1 Å². The summed E-state index contributed by atoms with van der Waals surface area (Å²) in [6.45, 7) is 4.56. The predicted molar refractivity (Wildman–Crippen MR) is 110 cm³/mol. The monoisotopic (exact) mass is 358 g/mol. The third kappa shape index (κ3) is 3.58. The summed E-state index contributed by atoms with van der Waals surface area (Å²) < 4.78 is 0. The van der Waals surface area contributed by atoms with Crippen molar-refractivity contribution in [1.82, 2.24) is 4.90 Å². The molecular weight excluding hydrogens is 330 g/mol. The maximum absolute atomic E-state index is 12.1. The summed E-state index contributed by atoms with van der Waals surface area (Å²) >= 11 is 0. The molecule has 0 bridgehead atoms. The fourth-order valence-electron chi connectivity index (χ4n) is 4.47. The van der Waals surface area contributed by atoms with Crippen molar-refractivity contribution in [3.05, 3.63) is 103 Å². The molecule has 1 aliphatic heterocycles. The van der Waals surface area contributed by atoms with Crippen LogP contribution in [0, 0.1) is 31.1 Å². The first kappa shape index (κ1) is 18.7. The van der Waals surface area contributed by atoms with Crippen LogP contribution in [0.1, 0.15) is 37.3 Å². The van der Waals surface area contributed by atoms with Gasteiger partial charge in [-0.3, -0.25) is 0 Å².